The van der Waals surface area contributed by atoms with Crippen LogP contribution in [0.5, 0.6) is 0 Å². The lowest BCUT2D eigenvalue weighted by atomic mass is 10.0. The zero-order chi connectivity index (χ0) is 25.8. The van der Waals surface area contributed by atoms with Crippen molar-refractivity contribution in [2.45, 2.75) is 103 Å². The van der Waals surface area contributed by atoms with Crippen molar-refractivity contribution in [2.24, 2.45) is 0 Å². The molecule has 200 valence electrons. The van der Waals surface area contributed by atoms with Gasteiger partial charge < -0.3 is 14.4 Å². The van der Waals surface area contributed by atoms with Crippen LogP contribution >= 0.6 is 0 Å². The number of hydrogen-bond acceptors (Lipinski definition) is 5. The fourth-order valence-corrected chi connectivity index (χ4v) is 3.97. The van der Waals surface area contributed by atoms with Crippen LogP contribution in [0.3, 0.4) is 0 Å². The Kier molecular flexibility index (Phi) is 20.2. The summed E-state index contributed by atoms with van der Waals surface area (Å²) < 4.78 is 61.0. The van der Waals surface area contributed by atoms with E-state index in [1.807, 2.05) is 21.1 Å². The highest BCUT2D eigenvalue weighted by molar-refractivity contribution is 7.86. The molecule has 0 saturated heterocycles. The summed E-state index contributed by atoms with van der Waals surface area (Å²) in [5, 5.41) is 8.78. The molecular weight excluding hydrogens is 459 g/mol. The maximum absolute atomic E-state index is 11.8. The van der Waals surface area contributed by atoms with Gasteiger partial charge in [0.15, 0.2) is 0 Å². The molecule has 10 heteroatoms. The fourth-order valence-electron chi connectivity index (χ4n) is 2.97. The van der Waals surface area contributed by atoms with Gasteiger partial charge in [0.2, 0.25) is 0 Å². The maximum atomic E-state index is 11.8. The monoisotopic (exact) mass is 505 g/mol. The Balaban J connectivity index is 0. The van der Waals surface area contributed by atoms with E-state index in [-0.39, 0.29) is 12.4 Å². The third-order valence-corrected chi connectivity index (χ3v) is 6.32. The van der Waals surface area contributed by atoms with Crippen LogP contribution in [-0.4, -0.2) is 65.1 Å². The topological polar surface area (TPSA) is 83.5 Å². The quantitative estimate of drug-likeness (QED) is 0.143. The molecule has 0 saturated carbocycles. The highest BCUT2D eigenvalue weighted by Gasteiger charge is 2.28. The van der Waals surface area contributed by atoms with E-state index in [2.05, 4.69) is 6.92 Å². The Morgan fingerprint density at radius 1 is 0.788 bits per heavy atom. The molecule has 0 spiro atoms. The molecule has 0 aliphatic heterocycles. The van der Waals surface area contributed by atoms with Crippen molar-refractivity contribution >= 4 is 16.1 Å². The number of carboxylic acids is 1. The fraction of sp³-hybridized carbons (Fsp3) is 0.957. The lowest BCUT2D eigenvalue weighted by molar-refractivity contribution is -0.870. The SMILES string of the molecule is CCCCCCCCCCCCCCCCS(=O)(=O)OCC[N+](C)(C)C.O=C([O-])C(F)(F)F. The summed E-state index contributed by atoms with van der Waals surface area (Å²) in [6.45, 7) is 3.25. The molecule has 0 aliphatic rings. The molecule has 0 unspecified atom stereocenters. The van der Waals surface area contributed by atoms with Gasteiger partial charge in [-0.25, -0.2) is 0 Å². The Labute approximate surface area is 199 Å². The molecule has 0 bridgehead atoms. The van der Waals surface area contributed by atoms with Gasteiger partial charge in [-0.15, -0.1) is 0 Å². The number of carbonyl (C=O) groups excluding carboxylic acids is 1. The van der Waals surface area contributed by atoms with Crippen LogP contribution in [0.2, 0.25) is 0 Å². The smallest absolute Gasteiger partial charge is 0.430 e. The lowest BCUT2D eigenvalue weighted by Crippen LogP contribution is -2.38. The van der Waals surface area contributed by atoms with Gasteiger partial charge in [-0.05, 0) is 6.42 Å². The molecule has 0 heterocycles. The summed E-state index contributed by atoms with van der Waals surface area (Å²) >= 11 is 0. The van der Waals surface area contributed by atoms with Crippen LogP contribution < -0.4 is 5.11 Å². The zero-order valence-electron chi connectivity index (χ0n) is 21.1. The molecule has 0 atom stereocenters. The summed E-state index contributed by atoms with van der Waals surface area (Å²) in [4.78, 5) is 8.78. The first-order chi connectivity index (χ1) is 15.2. The third-order valence-electron chi connectivity index (χ3n) is 5.00. The minimum absolute atomic E-state index is 0.169. The Hall–Kier alpha value is -0.870. The van der Waals surface area contributed by atoms with Crippen molar-refractivity contribution in [2.75, 3.05) is 40.0 Å². The zero-order valence-corrected chi connectivity index (χ0v) is 21.9. The van der Waals surface area contributed by atoms with Gasteiger partial charge in [0.05, 0.1) is 26.9 Å². The average molecular weight is 506 g/mol. The van der Waals surface area contributed by atoms with Crippen molar-refractivity contribution < 1.29 is 40.2 Å². The first-order valence-electron chi connectivity index (χ1n) is 12.2. The Morgan fingerprint density at radius 2 is 1.12 bits per heavy atom. The molecule has 0 aromatic heterocycles. The Morgan fingerprint density at radius 3 is 1.42 bits per heavy atom. The van der Waals surface area contributed by atoms with Crippen LogP contribution in [-0.2, 0) is 19.1 Å². The van der Waals surface area contributed by atoms with Crippen molar-refractivity contribution in [3.63, 3.8) is 0 Å². The van der Waals surface area contributed by atoms with E-state index in [9.17, 15) is 21.6 Å². The highest BCUT2D eigenvalue weighted by Crippen LogP contribution is 2.13. The normalized spacial score (nSPS) is 12.3. The standard InChI is InChI=1S/C21H46NO3S.C2HF3O2/c1-5-6-7-8-9-10-11-12-13-14-15-16-17-18-21-26(23,24)25-20-19-22(2,3)4;3-2(4,5)1(6)7/h5-21H2,1-4H3;(H,6,7)/q+1;/p-1. The summed E-state index contributed by atoms with van der Waals surface area (Å²) in [5.41, 5.74) is 0. The minimum Gasteiger partial charge on any atom is -0.542 e. The van der Waals surface area contributed by atoms with Crippen molar-refractivity contribution in [3.8, 4) is 0 Å². The van der Waals surface area contributed by atoms with E-state index in [1.165, 1.54) is 70.6 Å². The second-order valence-electron chi connectivity index (χ2n) is 9.48. The third kappa shape index (κ3) is 29.1. The van der Waals surface area contributed by atoms with Gasteiger partial charge in [0.25, 0.3) is 10.1 Å². The van der Waals surface area contributed by atoms with Crippen LogP contribution in [0.15, 0.2) is 0 Å². The number of alkyl halides is 3. The van der Waals surface area contributed by atoms with Gasteiger partial charge in [0.1, 0.15) is 19.1 Å². The number of aliphatic carboxylic acids is 1. The number of quaternary nitrogens is 1. The van der Waals surface area contributed by atoms with Crippen LogP contribution in [0, 0.1) is 0 Å². The van der Waals surface area contributed by atoms with Crippen LogP contribution in [0.4, 0.5) is 13.2 Å². The molecule has 0 fully saturated rings. The predicted octanol–water partition coefficient (Wildman–Crippen LogP) is 4.82. The number of carboxylic acid groups (broad SMARTS) is 1. The highest BCUT2D eigenvalue weighted by atomic mass is 32.2. The number of nitrogens with zero attached hydrogens (tertiary/aromatic N) is 1. The molecular formula is C23H46F3NO5S. The van der Waals surface area contributed by atoms with Gasteiger partial charge >= 0.3 is 6.18 Å². The predicted molar refractivity (Wildman–Crippen MR) is 124 cm³/mol. The first kappa shape index (κ1) is 34.3. The first-order valence-corrected chi connectivity index (χ1v) is 13.7. The molecule has 0 aromatic rings. The average Bonchev–Trinajstić information content (AvgIpc) is 2.66. The molecule has 33 heavy (non-hydrogen) atoms. The number of unbranched alkanes of at least 4 members (excludes halogenated alkanes) is 13. The van der Waals surface area contributed by atoms with Crippen molar-refractivity contribution in [3.05, 3.63) is 0 Å². The van der Waals surface area contributed by atoms with E-state index >= 15 is 0 Å². The minimum atomic E-state index is -5.19. The van der Waals surface area contributed by atoms with E-state index in [1.54, 1.807) is 0 Å². The molecule has 0 amide bonds. The summed E-state index contributed by atoms with van der Waals surface area (Å²) in [5.74, 6) is -2.84. The van der Waals surface area contributed by atoms with E-state index in [0.29, 0.717) is 11.0 Å². The van der Waals surface area contributed by atoms with Gasteiger partial charge in [-0.3, -0.25) is 4.18 Å². The number of likely N-dealkylation sites (N-methyl/N-ethyl adjacent to an activating group) is 1. The van der Waals surface area contributed by atoms with Gasteiger partial charge in [-0.1, -0.05) is 90.4 Å². The van der Waals surface area contributed by atoms with E-state index in [4.69, 9.17) is 14.1 Å². The number of carbonyl (C=O) groups is 1. The van der Waals surface area contributed by atoms with Crippen molar-refractivity contribution in [1.82, 2.24) is 0 Å². The largest absolute Gasteiger partial charge is 0.542 e. The van der Waals surface area contributed by atoms with Crippen LogP contribution in [0.25, 0.3) is 0 Å². The van der Waals surface area contributed by atoms with Gasteiger partial charge in [0, 0.05) is 0 Å². The number of halogens is 3. The maximum Gasteiger partial charge on any atom is 0.430 e. The molecule has 0 aromatic carbocycles. The second kappa shape index (κ2) is 19.4. The summed E-state index contributed by atoms with van der Waals surface area (Å²) in [6.07, 6.45) is 12.6. The molecule has 0 rings (SSSR count). The van der Waals surface area contributed by atoms with Gasteiger partial charge in [-0.2, -0.15) is 21.6 Å². The molecule has 0 radical (unpaired) electrons. The lowest BCUT2D eigenvalue weighted by Gasteiger charge is -2.23. The summed E-state index contributed by atoms with van der Waals surface area (Å²) in [6, 6.07) is 0. The summed E-state index contributed by atoms with van der Waals surface area (Å²) in [7, 11) is 2.76. The number of hydrogen-bond donors (Lipinski definition) is 0. The molecule has 0 N–H and O–H groups in total. The number of rotatable bonds is 19. The Bertz CT molecular complexity index is 576. The van der Waals surface area contributed by atoms with E-state index in [0.717, 1.165) is 19.3 Å². The van der Waals surface area contributed by atoms with E-state index < -0.39 is 22.3 Å². The van der Waals surface area contributed by atoms with Crippen LogP contribution in [0.1, 0.15) is 96.8 Å². The molecule has 0 aliphatic carbocycles. The van der Waals surface area contributed by atoms with Crippen molar-refractivity contribution in [1.29, 1.82) is 0 Å². The molecule has 6 nitrogen and oxygen atoms in total. The second-order valence-corrected chi connectivity index (χ2v) is 11.2.